The topological polar surface area (TPSA) is 41.6 Å². The third-order valence-corrected chi connectivity index (χ3v) is 3.47. The fourth-order valence-electron chi connectivity index (χ4n) is 2.33. The summed E-state index contributed by atoms with van der Waals surface area (Å²) < 4.78 is 44.7. The van der Waals surface area contributed by atoms with Gasteiger partial charge in [0.1, 0.15) is 18.2 Å². The smallest absolute Gasteiger partial charge is 0.322 e. The van der Waals surface area contributed by atoms with Crippen LogP contribution in [0.3, 0.4) is 0 Å². The van der Waals surface area contributed by atoms with Crippen molar-refractivity contribution in [3.05, 3.63) is 59.4 Å². The minimum atomic E-state index is -0.805. The van der Waals surface area contributed by atoms with Crippen molar-refractivity contribution in [1.29, 1.82) is 0 Å². The summed E-state index contributed by atoms with van der Waals surface area (Å²) in [5.41, 5.74) is 1.22. The van der Waals surface area contributed by atoms with Gasteiger partial charge in [0.25, 0.3) is 0 Å². The van der Waals surface area contributed by atoms with Crippen LogP contribution in [-0.4, -0.2) is 24.1 Å². The van der Waals surface area contributed by atoms with E-state index in [9.17, 15) is 18.0 Å². The number of carbonyl (C=O) groups excluding carboxylic acids is 1. The molecule has 120 valence electrons. The minimum absolute atomic E-state index is 0.0284. The molecular weight excluding hydrogens is 309 g/mol. The zero-order valence-corrected chi connectivity index (χ0v) is 12.0. The molecule has 0 aromatic heterocycles. The molecule has 4 nitrogen and oxygen atoms in total. The van der Waals surface area contributed by atoms with Gasteiger partial charge in [-0.05, 0) is 35.9 Å². The molecule has 7 heteroatoms. The number of urea groups is 1. The summed E-state index contributed by atoms with van der Waals surface area (Å²) in [6.07, 6.45) is 0. The molecule has 2 amide bonds. The standard InChI is InChI=1S/C16H13F3N2O2/c17-11-1-3-14-10(7-11)9-21(16(22)20-14)5-6-23-15-4-2-12(18)8-13(15)19/h1-4,7-8H,5-6,9H2,(H,20,22). The Hall–Kier alpha value is -2.70. The fraction of sp³-hybridized carbons (Fsp3) is 0.188. The largest absolute Gasteiger partial charge is 0.489 e. The van der Waals surface area contributed by atoms with Crippen LogP contribution in [0.15, 0.2) is 36.4 Å². The lowest BCUT2D eigenvalue weighted by atomic mass is 10.1. The number of rotatable bonds is 4. The van der Waals surface area contributed by atoms with Crippen molar-refractivity contribution in [3.8, 4) is 5.75 Å². The van der Waals surface area contributed by atoms with E-state index in [1.54, 1.807) is 0 Å². The summed E-state index contributed by atoms with van der Waals surface area (Å²) >= 11 is 0. The lowest BCUT2D eigenvalue weighted by Gasteiger charge is -2.29. The molecule has 2 aromatic rings. The van der Waals surface area contributed by atoms with Crippen molar-refractivity contribution in [1.82, 2.24) is 4.90 Å². The lowest BCUT2D eigenvalue weighted by Crippen LogP contribution is -2.40. The average molecular weight is 322 g/mol. The van der Waals surface area contributed by atoms with E-state index in [-0.39, 0.29) is 37.3 Å². The van der Waals surface area contributed by atoms with E-state index in [0.717, 1.165) is 12.1 Å². The van der Waals surface area contributed by atoms with Crippen molar-refractivity contribution in [3.63, 3.8) is 0 Å². The van der Waals surface area contributed by atoms with Crippen molar-refractivity contribution in [2.24, 2.45) is 0 Å². The van der Waals surface area contributed by atoms with Crippen molar-refractivity contribution in [2.45, 2.75) is 6.54 Å². The second kappa shape index (κ2) is 6.20. The molecule has 0 fully saturated rings. The monoisotopic (exact) mass is 322 g/mol. The zero-order valence-electron chi connectivity index (χ0n) is 12.0. The predicted octanol–water partition coefficient (Wildman–Crippen LogP) is 3.53. The van der Waals surface area contributed by atoms with Gasteiger partial charge in [0.15, 0.2) is 11.6 Å². The Kier molecular flexibility index (Phi) is 4.10. The first-order chi connectivity index (χ1) is 11.0. The van der Waals surface area contributed by atoms with E-state index in [0.29, 0.717) is 11.3 Å². The molecule has 0 saturated heterocycles. The molecule has 0 saturated carbocycles. The van der Waals surface area contributed by atoms with Crippen LogP contribution in [0.4, 0.5) is 23.7 Å². The molecule has 0 aliphatic carbocycles. The van der Waals surface area contributed by atoms with Gasteiger partial charge in [-0.3, -0.25) is 0 Å². The van der Waals surface area contributed by atoms with Gasteiger partial charge in [0.2, 0.25) is 0 Å². The Morgan fingerprint density at radius 2 is 1.83 bits per heavy atom. The second-order valence-electron chi connectivity index (χ2n) is 5.08. The first kappa shape index (κ1) is 15.2. The van der Waals surface area contributed by atoms with Crippen LogP contribution in [0, 0.1) is 17.5 Å². The van der Waals surface area contributed by atoms with E-state index in [4.69, 9.17) is 4.74 Å². The maximum atomic E-state index is 13.4. The molecule has 1 heterocycles. The number of hydrogen-bond acceptors (Lipinski definition) is 2. The summed E-state index contributed by atoms with van der Waals surface area (Å²) in [6, 6.07) is 6.78. The number of ether oxygens (including phenoxy) is 1. The fourth-order valence-corrected chi connectivity index (χ4v) is 2.33. The highest BCUT2D eigenvalue weighted by Gasteiger charge is 2.22. The number of nitrogens with one attached hydrogen (secondary N) is 1. The van der Waals surface area contributed by atoms with E-state index in [2.05, 4.69) is 5.32 Å². The molecule has 0 bridgehead atoms. The number of anilines is 1. The molecular formula is C16H13F3N2O2. The zero-order chi connectivity index (χ0) is 16.4. The summed E-state index contributed by atoms with van der Waals surface area (Å²) in [5, 5.41) is 2.65. The number of fused-ring (bicyclic) bond motifs is 1. The van der Waals surface area contributed by atoms with Crippen LogP contribution in [0.2, 0.25) is 0 Å². The maximum absolute atomic E-state index is 13.4. The number of amides is 2. The number of nitrogens with zero attached hydrogens (tertiary/aromatic N) is 1. The SMILES string of the molecule is O=C1Nc2ccc(F)cc2CN1CCOc1ccc(F)cc1F. The van der Waals surface area contributed by atoms with Crippen molar-refractivity contribution in [2.75, 3.05) is 18.5 Å². The Balaban J connectivity index is 1.61. The van der Waals surface area contributed by atoms with Gasteiger partial charge < -0.3 is 15.0 Å². The first-order valence-corrected chi connectivity index (χ1v) is 6.95. The lowest BCUT2D eigenvalue weighted by molar-refractivity contribution is 0.187. The van der Waals surface area contributed by atoms with Crippen LogP contribution in [-0.2, 0) is 6.54 Å². The molecule has 3 rings (SSSR count). The molecule has 0 unspecified atom stereocenters. The maximum Gasteiger partial charge on any atom is 0.322 e. The third kappa shape index (κ3) is 3.39. The summed E-state index contributed by atoms with van der Waals surface area (Å²) in [5.74, 6) is -1.97. The quantitative estimate of drug-likeness (QED) is 0.935. The number of halogens is 3. The van der Waals surface area contributed by atoms with Gasteiger partial charge in [-0.1, -0.05) is 0 Å². The van der Waals surface area contributed by atoms with E-state index in [1.807, 2.05) is 0 Å². The van der Waals surface area contributed by atoms with Gasteiger partial charge in [-0.2, -0.15) is 0 Å². The van der Waals surface area contributed by atoms with E-state index >= 15 is 0 Å². The predicted molar refractivity (Wildman–Crippen MR) is 77.7 cm³/mol. The van der Waals surface area contributed by atoms with Crippen LogP contribution < -0.4 is 10.1 Å². The Morgan fingerprint density at radius 3 is 2.61 bits per heavy atom. The van der Waals surface area contributed by atoms with Gasteiger partial charge in [-0.15, -0.1) is 0 Å². The Labute approximate surface area is 130 Å². The summed E-state index contributed by atoms with van der Waals surface area (Å²) in [6.45, 7) is 0.438. The van der Waals surface area contributed by atoms with Gasteiger partial charge in [0.05, 0.1) is 6.54 Å². The third-order valence-electron chi connectivity index (χ3n) is 3.47. The van der Waals surface area contributed by atoms with Crippen molar-refractivity contribution >= 4 is 11.7 Å². The molecule has 0 radical (unpaired) electrons. The van der Waals surface area contributed by atoms with Gasteiger partial charge >= 0.3 is 6.03 Å². The normalized spacial score (nSPS) is 13.5. The number of hydrogen-bond donors (Lipinski definition) is 1. The molecule has 1 aliphatic heterocycles. The number of carbonyl (C=O) groups is 1. The first-order valence-electron chi connectivity index (χ1n) is 6.95. The Morgan fingerprint density at radius 1 is 1.09 bits per heavy atom. The van der Waals surface area contributed by atoms with E-state index in [1.165, 1.54) is 29.2 Å². The molecule has 23 heavy (non-hydrogen) atoms. The average Bonchev–Trinajstić information content (AvgIpc) is 2.50. The Bertz CT molecular complexity index is 752. The van der Waals surface area contributed by atoms with Gasteiger partial charge in [0, 0.05) is 18.3 Å². The summed E-state index contributed by atoms with van der Waals surface area (Å²) in [4.78, 5) is 13.4. The van der Waals surface area contributed by atoms with Crippen LogP contribution in [0.25, 0.3) is 0 Å². The van der Waals surface area contributed by atoms with Crippen LogP contribution >= 0.6 is 0 Å². The molecule has 1 aliphatic rings. The molecule has 0 spiro atoms. The van der Waals surface area contributed by atoms with Gasteiger partial charge in [-0.25, -0.2) is 18.0 Å². The van der Waals surface area contributed by atoms with Crippen LogP contribution in [0.1, 0.15) is 5.56 Å². The summed E-state index contributed by atoms with van der Waals surface area (Å²) in [7, 11) is 0. The molecule has 2 aromatic carbocycles. The highest BCUT2D eigenvalue weighted by atomic mass is 19.1. The molecule has 0 atom stereocenters. The molecule has 1 N–H and O–H groups in total. The van der Waals surface area contributed by atoms with Crippen molar-refractivity contribution < 1.29 is 22.7 Å². The highest BCUT2D eigenvalue weighted by Crippen LogP contribution is 2.24. The van der Waals surface area contributed by atoms with Crippen LogP contribution in [0.5, 0.6) is 5.75 Å². The minimum Gasteiger partial charge on any atom is -0.489 e. The van der Waals surface area contributed by atoms with E-state index < -0.39 is 11.6 Å². The number of benzene rings is 2. The highest BCUT2D eigenvalue weighted by molar-refractivity contribution is 5.92. The second-order valence-corrected chi connectivity index (χ2v) is 5.08.